The fourth-order valence-electron chi connectivity index (χ4n) is 1.99. The van der Waals surface area contributed by atoms with E-state index in [2.05, 4.69) is 30.7 Å². The minimum absolute atomic E-state index is 0.0334. The van der Waals surface area contributed by atoms with E-state index in [1.54, 1.807) is 0 Å². The molecule has 1 aromatic rings. The number of likely N-dealkylation sites (N-methyl/N-ethyl adjacent to an activating group) is 1. The quantitative estimate of drug-likeness (QED) is 0.744. The third-order valence-corrected chi connectivity index (χ3v) is 3.16. The van der Waals surface area contributed by atoms with E-state index < -0.39 is 0 Å². The lowest BCUT2D eigenvalue weighted by atomic mass is 10.2. The number of aliphatic hydroxyl groups excluding tert-OH is 1. The highest BCUT2D eigenvalue weighted by molar-refractivity contribution is 5.24. The van der Waals surface area contributed by atoms with Gasteiger partial charge in [-0.05, 0) is 31.1 Å². The number of aryl methyl sites for hydroxylation is 1. The molecule has 0 atom stereocenters. The van der Waals surface area contributed by atoms with Crippen LogP contribution < -0.4 is 4.74 Å². The molecule has 0 amide bonds. The zero-order valence-electron chi connectivity index (χ0n) is 12.4. The van der Waals surface area contributed by atoms with Crippen molar-refractivity contribution in [1.29, 1.82) is 0 Å². The summed E-state index contributed by atoms with van der Waals surface area (Å²) in [5, 5.41) is 9.25. The summed E-state index contributed by atoms with van der Waals surface area (Å²) < 4.78 is 5.71. The Labute approximate surface area is 116 Å². The molecule has 1 rings (SSSR count). The number of hydrogen-bond donors (Lipinski definition) is 1. The van der Waals surface area contributed by atoms with Crippen molar-refractivity contribution >= 4 is 0 Å². The zero-order chi connectivity index (χ0) is 14.1. The van der Waals surface area contributed by atoms with Crippen molar-refractivity contribution in [2.24, 2.45) is 0 Å². The van der Waals surface area contributed by atoms with Gasteiger partial charge in [-0.2, -0.15) is 0 Å². The lowest BCUT2D eigenvalue weighted by molar-refractivity contribution is 0.216. The number of nitrogens with zero attached hydrogens (tertiary/aromatic N) is 2. The number of aromatic nitrogens is 1. The number of aliphatic hydroxyl groups is 1. The molecule has 0 aliphatic rings. The van der Waals surface area contributed by atoms with Crippen LogP contribution >= 0.6 is 0 Å². The molecule has 1 heterocycles. The molecule has 0 unspecified atom stereocenters. The Morgan fingerprint density at radius 3 is 2.53 bits per heavy atom. The van der Waals surface area contributed by atoms with E-state index in [-0.39, 0.29) is 6.61 Å². The first-order chi connectivity index (χ1) is 9.23. The third-order valence-electron chi connectivity index (χ3n) is 3.16. The van der Waals surface area contributed by atoms with Gasteiger partial charge in [0.2, 0.25) is 5.88 Å². The predicted molar refractivity (Wildman–Crippen MR) is 77.4 cm³/mol. The number of rotatable bonds is 9. The number of ether oxygens (including phenoxy) is 1. The van der Waals surface area contributed by atoms with Gasteiger partial charge in [0.05, 0.1) is 6.61 Å². The van der Waals surface area contributed by atoms with Crippen LogP contribution in [0.1, 0.15) is 38.4 Å². The average molecular weight is 266 g/mol. The Kier molecular flexibility index (Phi) is 7.45. The summed E-state index contributed by atoms with van der Waals surface area (Å²) in [5.74, 6) is 0.627. The Hall–Kier alpha value is -1.13. The molecule has 0 fully saturated rings. The van der Waals surface area contributed by atoms with E-state index in [0.29, 0.717) is 12.5 Å². The lowest BCUT2D eigenvalue weighted by Crippen LogP contribution is -2.28. The molecular formula is C15H26N2O2. The highest BCUT2D eigenvalue weighted by Crippen LogP contribution is 2.14. The fourth-order valence-corrected chi connectivity index (χ4v) is 1.99. The molecule has 0 aromatic carbocycles. The summed E-state index contributed by atoms with van der Waals surface area (Å²) in [5.41, 5.74) is 1.86. The molecule has 0 spiro atoms. The maximum atomic E-state index is 9.25. The van der Waals surface area contributed by atoms with Gasteiger partial charge in [-0.15, -0.1) is 0 Å². The van der Waals surface area contributed by atoms with Crippen LogP contribution in [0.2, 0.25) is 0 Å². The molecule has 108 valence electrons. The van der Waals surface area contributed by atoms with Crippen molar-refractivity contribution in [2.75, 3.05) is 26.2 Å². The Morgan fingerprint density at radius 2 is 1.95 bits per heavy atom. The summed E-state index contributed by atoms with van der Waals surface area (Å²) >= 11 is 0. The van der Waals surface area contributed by atoms with Crippen molar-refractivity contribution in [3.8, 4) is 5.88 Å². The first-order valence-electron chi connectivity index (χ1n) is 7.19. The highest BCUT2D eigenvalue weighted by Gasteiger charge is 2.04. The lowest BCUT2D eigenvalue weighted by Gasteiger charge is -2.18. The highest BCUT2D eigenvalue weighted by atomic mass is 16.5. The van der Waals surface area contributed by atoms with Crippen molar-refractivity contribution < 1.29 is 9.84 Å². The molecule has 0 saturated heterocycles. The van der Waals surface area contributed by atoms with E-state index in [4.69, 9.17) is 4.74 Å². The SMILES string of the molecule is CCCc1cc(CO)cc(OCCN(CC)CC)n1. The monoisotopic (exact) mass is 266 g/mol. The van der Waals surface area contributed by atoms with Crippen LogP contribution in [0, 0.1) is 0 Å². The Bertz CT molecular complexity index is 365. The first-order valence-corrected chi connectivity index (χ1v) is 7.19. The molecule has 1 aromatic heterocycles. The summed E-state index contributed by atoms with van der Waals surface area (Å²) in [6, 6.07) is 3.77. The molecule has 1 N–H and O–H groups in total. The summed E-state index contributed by atoms with van der Waals surface area (Å²) in [6.45, 7) is 10.0. The molecule has 0 saturated carbocycles. The van der Waals surface area contributed by atoms with Crippen molar-refractivity contribution in [3.63, 3.8) is 0 Å². The molecule has 4 nitrogen and oxygen atoms in total. The van der Waals surface area contributed by atoms with Crippen LogP contribution in [-0.4, -0.2) is 41.2 Å². The minimum atomic E-state index is 0.0334. The van der Waals surface area contributed by atoms with Crippen molar-refractivity contribution in [1.82, 2.24) is 9.88 Å². The van der Waals surface area contributed by atoms with Gasteiger partial charge < -0.3 is 14.7 Å². The van der Waals surface area contributed by atoms with Gasteiger partial charge >= 0.3 is 0 Å². The van der Waals surface area contributed by atoms with Gasteiger partial charge in [0.15, 0.2) is 0 Å². The normalized spacial score (nSPS) is 11.0. The molecular weight excluding hydrogens is 240 g/mol. The Balaban J connectivity index is 2.58. The molecule has 0 bridgehead atoms. The largest absolute Gasteiger partial charge is 0.476 e. The van der Waals surface area contributed by atoms with Gasteiger partial charge in [0.25, 0.3) is 0 Å². The molecule has 4 heteroatoms. The molecule has 0 radical (unpaired) electrons. The zero-order valence-corrected chi connectivity index (χ0v) is 12.4. The molecule has 0 aliphatic carbocycles. The maximum Gasteiger partial charge on any atom is 0.213 e. The van der Waals surface area contributed by atoms with E-state index in [9.17, 15) is 5.11 Å². The third kappa shape index (κ3) is 5.57. The standard InChI is InChI=1S/C15H26N2O2/c1-4-7-14-10-13(12-18)11-15(16-14)19-9-8-17(5-2)6-3/h10-11,18H,4-9,12H2,1-3H3. The van der Waals surface area contributed by atoms with Gasteiger partial charge in [-0.3, -0.25) is 0 Å². The van der Waals surface area contributed by atoms with Crippen molar-refractivity contribution in [3.05, 3.63) is 23.4 Å². The van der Waals surface area contributed by atoms with E-state index in [1.165, 1.54) is 0 Å². The van der Waals surface area contributed by atoms with E-state index in [1.807, 2.05) is 12.1 Å². The topological polar surface area (TPSA) is 45.6 Å². The molecule has 0 aliphatic heterocycles. The van der Waals surface area contributed by atoms with E-state index >= 15 is 0 Å². The minimum Gasteiger partial charge on any atom is -0.476 e. The molecule has 19 heavy (non-hydrogen) atoms. The number of pyridine rings is 1. The number of hydrogen-bond acceptors (Lipinski definition) is 4. The van der Waals surface area contributed by atoms with Crippen LogP contribution in [0.3, 0.4) is 0 Å². The van der Waals surface area contributed by atoms with Gasteiger partial charge in [-0.1, -0.05) is 27.2 Å². The van der Waals surface area contributed by atoms with E-state index in [0.717, 1.165) is 43.7 Å². The van der Waals surface area contributed by atoms with Crippen LogP contribution in [0.5, 0.6) is 5.88 Å². The fraction of sp³-hybridized carbons (Fsp3) is 0.667. The van der Waals surface area contributed by atoms with Crippen LogP contribution in [0.15, 0.2) is 12.1 Å². The second-order valence-corrected chi connectivity index (χ2v) is 4.59. The second-order valence-electron chi connectivity index (χ2n) is 4.59. The Morgan fingerprint density at radius 1 is 1.21 bits per heavy atom. The average Bonchev–Trinajstić information content (AvgIpc) is 2.43. The van der Waals surface area contributed by atoms with Gasteiger partial charge in [-0.25, -0.2) is 4.98 Å². The van der Waals surface area contributed by atoms with Gasteiger partial charge in [0.1, 0.15) is 6.61 Å². The second kappa shape index (κ2) is 8.88. The van der Waals surface area contributed by atoms with Crippen molar-refractivity contribution in [2.45, 2.75) is 40.2 Å². The van der Waals surface area contributed by atoms with Gasteiger partial charge in [0, 0.05) is 18.3 Å². The smallest absolute Gasteiger partial charge is 0.213 e. The van der Waals surface area contributed by atoms with Crippen LogP contribution in [-0.2, 0) is 13.0 Å². The van der Waals surface area contributed by atoms with Crippen LogP contribution in [0.4, 0.5) is 0 Å². The maximum absolute atomic E-state index is 9.25. The van der Waals surface area contributed by atoms with Crippen LogP contribution in [0.25, 0.3) is 0 Å². The first kappa shape index (κ1) is 15.9. The summed E-state index contributed by atoms with van der Waals surface area (Å²) in [7, 11) is 0. The summed E-state index contributed by atoms with van der Waals surface area (Å²) in [4.78, 5) is 6.78. The summed E-state index contributed by atoms with van der Waals surface area (Å²) in [6.07, 6.45) is 1.96. The predicted octanol–water partition coefficient (Wildman–Crippen LogP) is 2.25.